The monoisotopic (exact) mass is 317 g/mol. The van der Waals surface area contributed by atoms with Gasteiger partial charge in [0.2, 0.25) is 0 Å². The van der Waals surface area contributed by atoms with Gasteiger partial charge in [-0.25, -0.2) is 0 Å². The van der Waals surface area contributed by atoms with Crippen molar-refractivity contribution in [2.75, 3.05) is 33.4 Å². The summed E-state index contributed by atoms with van der Waals surface area (Å²) in [6, 6.07) is 0. The smallest absolute Gasteiger partial charge is 0.167 e. The van der Waals surface area contributed by atoms with Gasteiger partial charge in [0.15, 0.2) is 11.5 Å². The number of hydrogen-bond donors (Lipinski definition) is 1. The Morgan fingerprint density at radius 2 is 1.70 bits per heavy atom. The Balaban J connectivity index is 1.79. The van der Waals surface area contributed by atoms with Crippen LogP contribution >= 0.6 is 0 Å². The van der Waals surface area contributed by atoms with Crippen LogP contribution in [-0.2, 0) is 19.3 Å². The van der Waals surface area contributed by atoms with E-state index in [1.54, 1.807) is 7.11 Å². The van der Waals surface area contributed by atoms with Gasteiger partial charge in [-0.15, -0.1) is 0 Å². The number of benzene rings is 1. The van der Waals surface area contributed by atoms with Crippen LogP contribution in [0.5, 0.6) is 17.2 Å². The van der Waals surface area contributed by atoms with Crippen LogP contribution in [0.25, 0.3) is 0 Å². The number of fused-ring (bicyclic) bond motifs is 2. The van der Waals surface area contributed by atoms with Gasteiger partial charge in [-0.1, -0.05) is 0 Å². The zero-order valence-corrected chi connectivity index (χ0v) is 14.1. The predicted octanol–water partition coefficient (Wildman–Crippen LogP) is 2.89. The summed E-state index contributed by atoms with van der Waals surface area (Å²) in [5, 5.41) is 3.47. The lowest BCUT2D eigenvalue weighted by atomic mass is 9.84. The SMILES string of the molecule is COc1c2c(c(CC3CCNCC3)c3c1OCCC3)OCCC2. The van der Waals surface area contributed by atoms with Crippen molar-refractivity contribution < 1.29 is 14.2 Å². The van der Waals surface area contributed by atoms with E-state index in [2.05, 4.69) is 5.32 Å². The van der Waals surface area contributed by atoms with Gasteiger partial charge in [-0.05, 0) is 64.0 Å². The molecule has 0 spiro atoms. The molecule has 1 N–H and O–H groups in total. The molecule has 3 aliphatic rings. The topological polar surface area (TPSA) is 39.7 Å². The third-order valence-corrected chi connectivity index (χ3v) is 5.46. The Bertz CT molecular complexity index is 541. The second-order valence-corrected chi connectivity index (χ2v) is 6.93. The van der Waals surface area contributed by atoms with Crippen LogP contribution in [-0.4, -0.2) is 33.4 Å². The molecule has 4 nitrogen and oxygen atoms in total. The minimum Gasteiger partial charge on any atom is -0.493 e. The quantitative estimate of drug-likeness (QED) is 0.930. The summed E-state index contributed by atoms with van der Waals surface area (Å²) < 4.78 is 17.9. The van der Waals surface area contributed by atoms with Crippen LogP contribution in [0.3, 0.4) is 0 Å². The highest BCUT2D eigenvalue weighted by Crippen LogP contribution is 2.49. The highest BCUT2D eigenvalue weighted by atomic mass is 16.5. The Hall–Kier alpha value is -1.42. The van der Waals surface area contributed by atoms with Gasteiger partial charge in [0.1, 0.15) is 5.75 Å². The van der Waals surface area contributed by atoms with Gasteiger partial charge in [-0.3, -0.25) is 0 Å². The minimum absolute atomic E-state index is 0.755. The van der Waals surface area contributed by atoms with Crippen LogP contribution in [0, 0.1) is 5.92 Å². The number of rotatable bonds is 3. The van der Waals surface area contributed by atoms with Crippen LogP contribution in [0.15, 0.2) is 0 Å². The molecule has 0 aliphatic carbocycles. The van der Waals surface area contributed by atoms with E-state index in [1.165, 1.54) is 29.5 Å². The molecule has 0 saturated carbocycles. The molecule has 4 rings (SSSR count). The van der Waals surface area contributed by atoms with E-state index in [9.17, 15) is 0 Å². The van der Waals surface area contributed by atoms with Crippen molar-refractivity contribution in [2.24, 2.45) is 5.92 Å². The van der Waals surface area contributed by atoms with Crippen molar-refractivity contribution >= 4 is 0 Å². The molecule has 0 atom stereocenters. The van der Waals surface area contributed by atoms with Crippen LogP contribution in [0.1, 0.15) is 42.4 Å². The van der Waals surface area contributed by atoms with Gasteiger partial charge in [-0.2, -0.15) is 0 Å². The van der Waals surface area contributed by atoms with Crippen molar-refractivity contribution in [1.82, 2.24) is 5.32 Å². The Morgan fingerprint density at radius 3 is 2.43 bits per heavy atom. The predicted molar refractivity (Wildman–Crippen MR) is 89.9 cm³/mol. The summed E-state index contributed by atoms with van der Waals surface area (Å²) in [7, 11) is 1.76. The summed E-state index contributed by atoms with van der Waals surface area (Å²) in [6.45, 7) is 3.91. The Kier molecular flexibility index (Phi) is 4.34. The average Bonchev–Trinajstić information content (AvgIpc) is 2.62. The molecular formula is C19H27NO3. The van der Waals surface area contributed by atoms with Gasteiger partial charge in [0.05, 0.1) is 20.3 Å². The Labute approximate surface area is 138 Å². The lowest BCUT2D eigenvalue weighted by molar-refractivity contribution is 0.248. The molecule has 126 valence electrons. The maximum Gasteiger partial charge on any atom is 0.167 e. The molecule has 1 aromatic carbocycles. The number of methoxy groups -OCH3 is 1. The van der Waals surface area contributed by atoms with Crippen LogP contribution < -0.4 is 19.5 Å². The summed E-state index contributed by atoms with van der Waals surface area (Å²) in [5.41, 5.74) is 4.01. The molecule has 0 amide bonds. The van der Waals surface area contributed by atoms with Crippen molar-refractivity contribution in [3.8, 4) is 17.2 Å². The van der Waals surface area contributed by atoms with Crippen molar-refractivity contribution in [3.63, 3.8) is 0 Å². The fourth-order valence-electron chi connectivity index (χ4n) is 4.30. The summed E-state index contributed by atoms with van der Waals surface area (Å²) in [6.07, 6.45) is 7.92. The van der Waals surface area contributed by atoms with Crippen LogP contribution in [0.4, 0.5) is 0 Å². The molecule has 0 aromatic heterocycles. The number of nitrogens with one attached hydrogen (secondary N) is 1. The molecule has 1 fully saturated rings. The fraction of sp³-hybridized carbons (Fsp3) is 0.684. The molecule has 3 aliphatic heterocycles. The molecule has 0 radical (unpaired) electrons. The fourth-order valence-corrected chi connectivity index (χ4v) is 4.30. The first-order valence-corrected chi connectivity index (χ1v) is 9.09. The maximum absolute atomic E-state index is 6.15. The highest BCUT2D eigenvalue weighted by Gasteiger charge is 2.31. The van der Waals surface area contributed by atoms with E-state index < -0.39 is 0 Å². The molecule has 0 bridgehead atoms. The summed E-state index contributed by atoms with van der Waals surface area (Å²) in [5.74, 6) is 3.82. The highest BCUT2D eigenvalue weighted by molar-refractivity contribution is 5.64. The number of piperidine rings is 1. The zero-order chi connectivity index (χ0) is 15.6. The van der Waals surface area contributed by atoms with Gasteiger partial charge in [0, 0.05) is 16.7 Å². The normalized spacial score (nSPS) is 20.9. The average molecular weight is 317 g/mol. The molecule has 4 heteroatoms. The first kappa shape index (κ1) is 15.1. The third kappa shape index (κ3) is 2.78. The third-order valence-electron chi connectivity index (χ3n) is 5.46. The van der Waals surface area contributed by atoms with E-state index in [1.807, 2.05) is 0 Å². The van der Waals surface area contributed by atoms with Gasteiger partial charge < -0.3 is 19.5 Å². The molecule has 23 heavy (non-hydrogen) atoms. The lowest BCUT2D eigenvalue weighted by Gasteiger charge is -2.32. The zero-order valence-electron chi connectivity index (χ0n) is 14.1. The van der Waals surface area contributed by atoms with E-state index >= 15 is 0 Å². The molecule has 1 aromatic rings. The standard InChI is InChI=1S/C19H27NO3/c1-21-18-15-5-3-10-22-17(15)16(12-13-6-8-20-9-7-13)14-4-2-11-23-19(14)18/h13,20H,2-12H2,1H3. The first-order chi connectivity index (χ1) is 11.4. The number of ether oxygens (including phenoxy) is 3. The van der Waals surface area contributed by atoms with E-state index in [4.69, 9.17) is 14.2 Å². The van der Waals surface area contributed by atoms with E-state index in [0.717, 1.165) is 81.6 Å². The molecule has 3 heterocycles. The van der Waals surface area contributed by atoms with E-state index in [-0.39, 0.29) is 0 Å². The van der Waals surface area contributed by atoms with Crippen molar-refractivity contribution in [3.05, 3.63) is 16.7 Å². The van der Waals surface area contributed by atoms with Gasteiger partial charge in [0.25, 0.3) is 0 Å². The van der Waals surface area contributed by atoms with E-state index in [0.29, 0.717) is 0 Å². The second-order valence-electron chi connectivity index (χ2n) is 6.93. The summed E-state index contributed by atoms with van der Waals surface area (Å²) >= 11 is 0. The molecule has 1 saturated heterocycles. The number of hydrogen-bond acceptors (Lipinski definition) is 4. The molecular weight excluding hydrogens is 290 g/mol. The summed E-state index contributed by atoms with van der Waals surface area (Å²) in [4.78, 5) is 0. The maximum atomic E-state index is 6.15. The lowest BCUT2D eigenvalue weighted by Crippen LogP contribution is -2.29. The van der Waals surface area contributed by atoms with Crippen LogP contribution in [0.2, 0.25) is 0 Å². The Morgan fingerprint density at radius 1 is 1.00 bits per heavy atom. The first-order valence-electron chi connectivity index (χ1n) is 9.09. The van der Waals surface area contributed by atoms with Gasteiger partial charge >= 0.3 is 0 Å². The van der Waals surface area contributed by atoms with Crippen molar-refractivity contribution in [1.29, 1.82) is 0 Å². The van der Waals surface area contributed by atoms with Crippen molar-refractivity contribution in [2.45, 2.75) is 44.9 Å². The minimum atomic E-state index is 0.755. The molecule has 0 unspecified atom stereocenters. The second kappa shape index (κ2) is 6.60. The largest absolute Gasteiger partial charge is 0.493 e.